The highest BCUT2D eigenvalue weighted by Gasteiger charge is 2.05. The maximum Gasteiger partial charge on any atom is 0.163 e. The molecule has 1 rings (SSSR count). The summed E-state index contributed by atoms with van der Waals surface area (Å²) >= 11 is 5.55. The SMILES string of the molecule is CC(=O)c1ccc(Cl)cc1O. The minimum absolute atomic E-state index is 0.0648. The van der Waals surface area contributed by atoms with Gasteiger partial charge in [0.05, 0.1) is 5.56 Å². The first-order valence-electron chi connectivity index (χ1n) is 3.10. The highest BCUT2D eigenvalue weighted by atomic mass is 35.5. The monoisotopic (exact) mass is 170 g/mol. The van der Waals surface area contributed by atoms with Gasteiger partial charge in [-0.25, -0.2) is 0 Å². The first-order chi connectivity index (χ1) is 5.11. The van der Waals surface area contributed by atoms with Crippen molar-refractivity contribution in [1.82, 2.24) is 0 Å². The normalized spacial score (nSPS) is 9.64. The van der Waals surface area contributed by atoms with Crippen LogP contribution in [-0.2, 0) is 0 Å². The second kappa shape index (κ2) is 2.93. The Balaban J connectivity index is 3.20. The summed E-state index contributed by atoms with van der Waals surface area (Å²) in [5.74, 6) is -0.232. The van der Waals surface area contributed by atoms with E-state index in [-0.39, 0.29) is 11.5 Å². The number of carbonyl (C=O) groups is 1. The first kappa shape index (κ1) is 8.08. The van der Waals surface area contributed by atoms with Crippen molar-refractivity contribution in [2.45, 2.75) is 6.92 Å². The number of phenolic OH excluding ortho intramolecular Hbond substituents is 1. The molecule has 0 bridgehead atoms. The Morgan fingerprint density at radius 3 is 2.64 bits per heavy atom. The lowest BCUT2D eigenvalue weighted by atomic mass is 10.1. The summed E-state index contributed by atoms with van der Waals surface area (Å²) in [6, 6.07) is 4.41. The van der Waals surface area contributed by atoms with Crippen LogP contribution in [-0.4, -0.2) is 10.9 Å². The topological polar surface area (TPSA) is 37.3 Å². The fourth-order valence-corrected chi connectivity index (χ4v) is 0.969. The van der Waals surface area contributed by atoms with Gasteiger partial charge in [0, 0.05) is 5.02 Å². The predicted octanol–water partition coefficient (Wildman–Crippen LogP) is 2.25. The van der Waals surface area contributed by atoms with E-state index in [9.17, 15) is 4.79 Å². The standard InChI is InChI=1S/C8H7ClO2/c1-5(10)7-3-2-6(9)4-8(7)11/h2-4,11H,1H3. The molecule has 0 radical (unpaired) electrons. The lowest BCUT2D eigenvalue weighted by Gasteiger charge is -1.98. The molecule has 0 unspecified atom stereocenters. The molecule has 0 spiro atoms. The van der Waals surface area contributed by atoms with Crippen molar-refractivity contribution in [2.24, 2.45) is 0 Å². The van der Waals surface area contributed by atoms with Crippen LogP contribution < -0.4 is 0 Å². The van der Waals surface area contributed by atoms with Crippen molar-refractivity contribution < 1.29 is 9.90 Å². The van der Waals surface area contributed by atoms with Gasteiger partial charge in [-0.2, -0.15) is 0 Å². The lowest BCUT2D eigenvalue weighted by molar-refractivity contribution is 0.101. The van der Waals surface area contributed by atoms with Crippen molar-refractivity contribution in [3.8, 4) is 5.75 Å². The summed E-state index contributed by atoms with van der Waals surface area (Å²) in [5, 5.41) is 9.58. The average Bonchev–Trinajstić information content (AvgIpc) is 1.85. The van der Waals surface area contributed by atoms with Gasteiger partial charge in [-0.3, -0.25) is 4.79 Å². The molecular weight excluding hydrogens is 164 g/mol. The van der Waals surface area contributed by atoms with E-state index in [1.54, 1.807) is 6.07 Å². The van der Waals surface area contributed by atoms with Crippen LogP contribution in [0.25, 0.3) is 0 Å². The van der Waals surface area contributed by atoms with Gasteiger partial charge in [0.2, 0.25) is 0 Å². The van der Waals surface area contributed by atoms with Crippen molar-refractivity contribution in [2.75, 3.05) is 0 Å². The highest BCUT2D eigenvalue weighted by Crippen LogP contribution is 2.21. The van der Waals surface area contributed by atoms with E-state index < -0.39 is 0 Å². The van der Waals surface area contributed by atoms with Gasteiger partial charge in [-0.1, -0.05) is 11.6 Å². The molecular formula is C8H7ClO2. The number of rotatable bonds is 1. The van der Waals surface area contributed by atoms with Crippen molar-refractivity contribution in [3.05, 3.63) is 28.8 Å². The minimum atomic E-state index is -0.167. The maximum atomic E-state index is 10.8. The Bertz CT molecular complexity index is 294. The fourth-order valence-electron chi connectivity index (χ4n) is 0.803. The number of benzene rings is 1. The number of ketones is 1. The van der Waals surface area contributed by atoms with Gasteiger partial charge in [0.25, 0.3) is 0 Å². The van der Waals surface area contributed by atoms with Gasteiger partial charge in [0.1, 0.15) is 5.75 Å². The highest BCUT2D eigenvalue weighted by molar-refractivity contribution is 6.30. The Morgan fingerprint density at radius 1 is 1.55 bits per heavy atom. The zero-order chi connectivity index (χ0) is 8.43. The third-order valence-electron chi connectivity index (χ3n) is 1.34. The molecule has 0 heterocycles. The van der Waals surface area contributed by atoms with Crippen LogP contribution >= 0.6 is 11.6 Å². The van der Waals surface area contributed by atoms with Crippen LogP contribution in [0.4, 0.5) is 0 Å². The molecule has 0 aromatic heterocycles. The summed E-state index contributed by atoms with van der Waals surface area (Å²) in [6.07, 6.45) is 0. The third-order valence-corrected chi connectivity index (χ3v) is 1.57. The lowest BCUT2D eigenvalue weighted by Crippen LogP contribution is -1.91. The molecule has 1 aromatic rings. The number of hydrogen-bond acceptors (Lipinski definition) is 2. The third kappa shape index (κ3) is 1.71. The van der Waals surface area contributed by atoms with Crippen LogP contribution in [0.3, 0.4) is 0 Å². The number of halogens is 1. The van der Waals surface area contributed by atoms with Crippen LogP contribution in [0, 0.1) is 0 Å². The first-order valence-corrected chi connectivity index (χ1v) is 3.48. The molecule has 0 aliphatic rings. The largest absolute Gasteiger partial charge is 0.507 e. The minimum Gasteiger partial charge on any atom is -0.507 e. The summed E-state index contributed by atoms with van der Waals surface area (Å²) in [6.45, 7) is 1.39. The average molecular weight is 171 g/mol. The van der Waals surface area contributed by atoms with E-state index in [1.807, 2.05) is 0 Å². The summed E-state index contributed by atoms with van der Waals surface area (Å²) in [4.78, 5) is 10.8. The Morgan fingerprint density at radius 2 is 2.18 bits per heavy atom. The fraction of sp³-hybridized carbons (Fsp3) is 0.125. The summed E-state index contributed by atoms with van der Waals surface area (Å²) < 4.78 is 0. The second-order valence-corrected chi connectivity index (χ2v) is 2.65. The quantitative estimate of drug-likeness (QED) is 0.657. The van der Waals surface area contributed by atoms with E-state index in [1.165, 1.54) is 19.1 Å². The van der Waals surface area contributed by atoms with Crippen molar-refractivity contribution >= 4 is 17.4 Å². The van der Waals surface area contributed by atoms with Gasteiger partial charge in [-0.05, 0) is 25.1 Å². The number of hydrogen-bond donors (Lipinski definition) is 1. The summed E-state index contributed by atoms with van der Waals surface area (Å²) in [7, 11) is 0. The smallest absolute Gasteiger partial charge is 0.163 e. The molecule has 1 N–H and O–H groups in total. The molecule has 58 valence electrons. The number of aromatic hydroxyl groups is 1. The van der Waals surface area contributed by atoms with Gasteiger partial charge in [0.15, 0.2) is 5.78 Å². The zero-order valence-electron chi connectivity index (χ0n) is 5.97. The van der Waals surface area contributed by atoms with Gasteiger partial charge < -0.3 is 5.11 Å². The van der Waals surface area contributed by atoms with E-state index >= 15 is 0 Å². The molecule has 2 nitrogen and oxygen atoms in total. The molecule has 0 atom stereocenters. The molecule has 0 fully saturated rings. The number of phenols is 1. The van der Waals surface area contributed by atoms with Crippen molar-refractivity contribution in [3.63, 3.8) is 0 Å². The van der Waals surface area contributed by atoms with Gasteiger partial charge >= 0.3 is 0 Å². The van der Waals surface area contributed by atoms with Gasteiger partial charge in [-0.15, -0.1) is 0 Å². The molecule has 0 aliphatic carbocycles. The maximum absolute atomic E-state index is 10.8. The molecule has 0 aliphatic heterocycles. The van der Waals surface area contributed by atoms with E-state index in [2.05, 4.69) is 0 Å². The Hall–Kier alpha value is -1.02. The zero-order valence-corrected chi connectivity index (χ0v) is 6.72. The van der Waals surface area contributed by atoms with Crippen LogP contribution in [0.1, 0.15) is 17.3 Å². The molecule has 0 saturated heterocycles. The number of Topliss-reactive ketones (excluding diaryl/α,β-unsaturated/α-hetero) is 1. The van der Waals surface area contributed by atoms with Crippen LogP contribution in [0.15, 0.2) is 18.2 Å². The number of carbonyl (C=O) groups excluding carboxylic acids is 1. The van der Waals surface area contributed by atoms with Crippen molar-refractivity contribution in [1.29, 1.82) is 0 Å². The van der Waals surface area contributed by atoms with Crippen LogP contribution in [0.5, 0.6) is 5.75 Å². The van der Waals surface area contributed by atoms with E-state index in [4.69, 9.17) is 16.7 Å². The second-order valence-electron chi connectivity index (χ2n) is 2.22. The molecule has 11 heavy (non-hydrogen) atoms. The molecule has 3 heteroatoms. The Kier molecular flexibility index (Phi) is 2.15. The van der Waals surface area contributed by atoms with E-state index in [0.717, 1.165) is 0 Å². The predicted molar refractivity (Wildman–Crippen MR) is 43.1 cm³/mol. The molecule has 0 saturated carbocycles. The van der Waals surface area contributed by atoms with Crippen LogP contribution in [0.2, 0.25) is 5.02 Å². The summed E-state index contributed by atoms with van der Waals surface area (Å²) in [5.41, 5.74) is 0.300. The molecule has 0 amide bonds. The van der Waals surface area contributed by atoms with E-state index in [0.29, 0.717) is 10.6 Å². The Labute approximate surface area is 69.4 Å². The molecule has 1 aromatic carbocycles.